The zero-order valence-electron chi connectivity index (χ0n) is 9.31. The van der Waals surface area contributed by atoms with E-state index in [0.29, 0.717) is 6.42 Å². The van der Waals surface area contributed by atoms with E-state index in [9.17, 15) is 9.90 Å². The van der Waals surface area contributed by atoms with E-state index >= 15 is 0 Å². The highest BCUT2D eigenvalue weighted by atomic mass is 16.3. The number of hydrogen-bond donors (Lipinski definition) is 1. The van der Waals surface area contributed by atoms with E-state index in [0.717, 1.165) is 12.7 Å². The van der Waals surface area contributed by atoms with E-state index in [4.69, 9.17) is 0 Å². The number of hydrogen-bond acceptors (Lipinski definition) is 2. The van der Waals surface area contributed by atoms with Gasteiger partial charge in [0.25, 0.3) is 0 Å². The van der Waals surface area contributed by atoms with Crippen molar-refractivity contribution < 1.29 is 9.90 Å². The Morgan fingerprint density at radius 3 is 2.47 bits per heavy atom. The summed E-state index contributed by atoms with van der Waals surface area (Å²) in [6.45, 7) is 3.52. The molecule has 0 amide bonds. The van der Waals surface area contributed by atoms with Gasteiger partial charge >= 0.3 is 0 Å². The van der Waals surface area contributed by atoms with Crippen LogP contribution in [0, 0.1) is 5.41 Å². The Morgan fingerprint density at radius 2 is 1.93 bits per heavy atom. The first-order valence-electron chi connectivity index (χ1n) is 5.24. The maximum Gasteiger partial charge on any atom is 0.128 e. The summed E-state index contributed by atoms with van der Waals surface area (Å²) in [6.07, 6.45) is 1.67. The third-order valence-electron chi connectivity index (χ3n) is 2.71. The largest absolute Gasteiger partial charge is 0.392 e. The fourth-order valence-electron chi connectivity index (χ4n) is 1.40. The molecule has 0 aliphatic rings. The average Bonchev–Trinajstić information content (AvgIpc) is 2.27. The molecular formula is C13H18O2. The number of carbonyl (C=O) groups excluding carboxylic acids is 1. The van der Waals surface area contributed by atoms with E-state index in [-0.39, 0.29) is 0 Å². The lowest BCUT2D eigenvalue weighted by Crippen LogP contribution is -2.31. The number of aryl methyl sites for hydroxylation is 1. The van der Waals surface area contributed by atoms with Crippen LogP contribution in [-0.4, -0.2) is 17.5 Å². The van der Waals surface area contributed by atoms with Gasteiger partial charge in [0.05, 0.1) is 6.10 Å². The van der Waals surface area contributed by atoms with Crippen LogP contribution in [-0.2, 0) is 11.2 Å². The predicted octanol–water partition coefficient (Wildman–Crippen LogP) is 2.21. The fraction of sp³-hybridized carbons (Fsp3) is 0.462. The van der Waals surface area contributed by atoms with Crippen LogP contribution in [0.15, 0.2) is 30.3 Å². The standard InChI is InChI=1S/C13H18O2/c1-13(2,10-14)12(15)9-8-11-6-4-3-5-7-11/h3-7,10,12,15H,8-9H2,1-2H3. The average molecular weight is 206 g/mol. The molecule has 0 heterocycles. The summed E-state index contributed by atoms with van der Waals surface area (Å²) in [5.41, 5.74) is 0.549. The quantitative estimate of drug-likeness (QED) is 0.750. The lowest BCUT2D eigenvalue weighted by atomic mass is 9.85. The molecule has 0 bridgehead atoms. The maximum atomic E-state index is 10.7. The minimum atomic E-state index is -0.644. The Kier molecular flexibility index (Phi) is 4.04. The molecule has 0 radical (unpaired) electrons. The second-order valence-corrected chi connectivity index (χ2v) is 4.48. The van der Waals surface area contributed by atoms with Gasteiger partial charge in [-0.1, -0.05) is 44.2 Å². The highest BCUT2D eigenvalue weighted by Gasteiger charge is 2.26. The molecular weight excluding hydrogens is 188 g/mol. The highest BCUT2D eigenvalue weighted by Crippen LogP contribution is 2.21. The summed E-state index contributed by atoms with van der Waals surface area (Å²) in [7, 11) is 0. The molecule has 1 atom stereocenters. The van der Waals surface area contributed by atoms with E-state index in [1.807, 2.05) is 30.3 Å². The molecule has 1 aromatic rings. The van der Waals surface area contributed by atoms with Crippen LogP contribution < -0.4 is 0 Å². The van der Waals surface area contributed by atoms with Crippen molar-refractivity contribution in [2.45, 2.75) is 32.8 Å². The Morgan fingerprint density at radius 1 is 1.33 bits per heavy atom. The van der Waals surface area contributed by atoms with Crippen molar-refractivity contribution in [2.24, 2.45) is 5.41 Å². The van der Waals surface area contributed by atoms with Gasteiger partial charge in [0.1, 0.15) is 6.29 Å². The Bertz CT molecular complexity index is 304. The highest BCUT2D eigenvalue weighted by molar-refractivity contribution is 5.58. The van der Waals surface area contributed by atoms with Crippen molar-refractivity contribution in [3.63, 3.8) is 0 Å². The van der Waals surface area contributed by atoms with Gasteiger partial charge in [-0.05, 0) is 18.4 Å². The molecule has 1 N–H and O–H groups in total. The lowest BCUT2D eigenvalue weighted by molar-refractivity contribution is -0.120. The van der Waals surface area contributed by atoms with Crippen molar-refractivity contribution in [3.8, 4) is 0 Å². The number of carbonyl (C=O) groups is 1. The minimum Gasteiger partial charge on any atom is -0.392 e. The van der Waals surface area contributed by atoms with Crippen LogP contribution in [0.3, 0.4) is 0 Å². The zero-order chi connectivity index (χ0) is 11.3. The summed E-state index contributed by atoms with van der Waals surface area (Å²) in [6, 6.07) is 9.98. The molecule has 0 fully saturated rings. The molecule has 2 nitrogen and oxygen atoms in total. The molecule has 15 heavy (non-hydrogen) atoms. The number of aliphatic hydroxyl groups excluding tert-OH is 1. The third-order valence-corrected chi connectivity index (χ3v) is 2.71. The molecule has 1 unspecified atom stereocenters. The van der Waals surface area contributed by atoms with Gasteiger partial charge in [0, 0.05) is 5.41 Å². The van der Waals surface area contributed by atoms with Crippen LogP contribution in [0.25, 0.3) is 0 Å². The number of aldehydes is 1. The molecule has 0 aromatic heterocycles. The first-order chi connectivity index (χ1) is 7.06. The molecule has 0 saturated carbocycles. The van der Waals surface area contributed by atoms with Crippen molar-refractivity contribution in [1.82, 2.24) is 0 Å². The van der Waals surface area contributed by atoms with Crippen LogP contribution in [0.4, 0.5) is 0 Å². The molecule has 0 aliphatic carbocycles. The van der Waals surface area contributed by atoms with E-state index < -0.39 is 11.5 Å². The second kappa shape index (κ2) is 5.08. The molecule has 2 heteroatoms. The molecule has 0 aliphatic heterocycles. The normalized spacial score (nSPS) is 13.5. The van der Waals surface area contributed by atoms with Gasteiger partial charge in [0.15, 0.2) is 0 Å². The van der Waals surface area contributed by atoms with Crippen molar-refractivity contribution in [2.75, 3.05) is 0 Å². The molecule has 1 aromatic carbocycles. The Hall–Kier alpha value is -1.15. The van der Waals surface area contributed by atoms with Crippen molar-refractivity contribution in [1.29, 1.82) is 0 Å². The molecule has 1 rings (SSSR count). The van der Waals surface area contributed by atoms with Crippen molar-refractivity contribution >= 4 is 6.29 Å². The molecule has 0 spiro atoms. The smallest absolute Gasteiger partial charge is 0.128 e. The predicted molar refractivity (Wildman–Crippen MR) is 60.6 cm³/mol. The summed E-state index contributed by atoms with van der Waals surface area (Å²) in [5.74, 6) is 0. The Labute approximate surface area is 90.9 Å². The first-order valence-corrected chi connectivity index (χ1v) is 5.24. The topological polar surface area (TPSA) is 37.3 Å². The van der Waals surface area contributed by atoms with Crippen LogP contribution in [0.1, 0.15) is 25.8 Å². The van der Waals surface area contributed by atoms with Crippen LogP contribution in [0.2, 0.25) is 0 Å². The lowest BCUT2D eigenvalue weighted by Gasteiger charge is -2.24. The minimum absolute atomic E-state index is 0.574. The van der Waals surface area contributed by atoms with Gasteiger partial charge in [-0.2, -0.15) is 0 Å². The molecule has 0 saturated heterocycles. The van der Waals surface area contributed by atoms with Gasteiger partial charge < -0.3 is 9.90 Å². The number of benzene rings is 1. The maximum absolute atomic E-state index is 10.7. The van der Waals surface area contributed by atoms with Crippen LogP contribution >= 0.6 is 0 Å². The van der Waals surface area contributed by atoms with Gasteiger partial charge in [-0.15, -0.1) is 0 Å². The zero-order valence-corrected chi connectivity index (χ0v) is 9.31. The fourth-order valence-corrected chi connectivity index (χ4v) is 1.40. The monoisotopic (exact) mass is 206 g/mol. The van der Waals surface area contributed by atoms with E-state index in [2.05, 4.69) is 0 Å². The number of rotatable bonds is 5. The molecule has 82 valence electrons. The summed E-state index contributed by atoms with van der Waals surface area (Å²) in [4.78, 5) is 10.7. The SMILES string of the molecule is CC(C)(C=O)C(O)CCc1ccccc1. The Balaban J connectivity index is 2.48. The number of aliphatic hydroxyl groups is 1. The summed E-state index contributed by atoms with van der Waals surface area (Å²) < 4.78 is 0. The van der Waals surface area contributed by atoms with Gasteiger partial charge in [-0.3, -0.25) is 0 Å². The van der Waals surface area contributed by atoms with Crippen LogP contribution in [0.5, 0.6) is 0 Å². The van der Waals surface area contributed by atoms with E-state index in [1.54, 1.807) is 13.8 Å². The second-order valence-electron chi connectivity index (χ2n) is 4.48. The van der Waals surface area contributed by atoms with Gasteiger partial charge in [-0.25, -0.2) is 0 Å². The summed E-state index contributed by atoms with van der Waals surface area (Å²) in [5, 5.41) is 9.81. The van der Waals surface area contributed by atoms with E-state index in [1.165, 1.54) is 5.56 Å². The third kappa shape index (κ3) is 3.48. The van der Waals surface area contributed by atoms with Crippen molar-refractivity contribution in [3.05, 3.63) is 35.9 Å². The summed E-state index contributed by atoms with van der Waals surface area (Å²) >= 11 is 0. The first kappa shape index (κ1) is 11.9. The van der Waals surface area contributed by atoms with Gasteiger partial charge in [0.2, 0.25) is 0 Å².